The highest BCUT2D eigenvalue weighted by Gasteiger charge is 2.01. The van der Waals surface area contributed by atoms with Crippen molar-refractivity contribution in [2.24, 2.45) is 0 Å². The van der Waals surface area contributed by atoms with Crippen LogP contribution in [-0.4, -0.2) is 50.6 Å². The zero-order chi connectivity index (χ0) is 10.8. The molecule has 4 heteroatoms. The molecule has 0 aromatic rings. The standard InChI is InChI=1S/C10H23N3O/c1-4-13(5-2)9-8-12-10(14)6-7-11-3/h11H,4-9H2,1-3H3,(H,12,14). The molecule has 0 heterocycles. The van der Waals surface area contributed by atoms with Crippen LogP contribution in [0.5, 0.6) is 0 Å². The van der Waals surface area contributed by atoms with Crippen LogP contribution >= 0.6 is 0 Å². The molecule has 0 fully saturated rings. The van der Waals surface area contributed by atoms with Gasteiger partial charge >= 0.3 is 0 Å². The molecule has 0 aliphatic heterocycles. The number of nitrogens with zero attached hydrogens (tertiary/aromatic N) is 1. The fourth-order valence-corrected chi connectivity index (χ4v) is 1.22. The molecule has 0 saturated carbocycles. The van der Waals surface area contributed by atoms with E-state index in [1.54, 1.807) is 0 Å². The van der Waals surface area contributed by atoms with Crippen LogP contribution in [0.1, 0.15) is 20.3 Å². The van der Waals surface area contributed by atoms with Crippen molar-refractivity contribution in [3.05, 3.63) is 0 Å². The quantitative estimate of drug-likeness (QED) is 0.583. The van der Waals surface area contributed by atoms with Crippen molar-refractivity contribution in [1.82, 2.24) is 15.5 Å². The van der Waals surface area contributed by atoms with Gasteiger partial charge < -0.3 is 15.5 Å². The van der Waals surface area contributed by atoms with Crippen molar-refractivity contribution in [1.29, 1.82) is 0 Å². The van der Waals surface area contributed by atoms with Crippen LogP contribution in [0.2, 0.25) is 0 Å². The average Bonchev–Trinajstić information content (AvgIpc) is 2.21. The normalized spacial score (nSPS) is 10.6. The van der Waals surface area contributed by atoms with E-state index in [1.807, 2.05) is 7.05 Å². The number of hydrogen-bond donors (Lipinski definition) is 2. The first-order chi connectivity index (χ1) is 6.74. The monoisotopic (exact) mass is 201 g/mol. The van der Waals surface area contributed by atoms with Crippen molar-refractivity contribution in [3.8, 4) is 0 Å². The Balaban J connectivity index is 3.38. The van der Waals surface area contributed by atoms with E-state index >= 15 is 0 Å². The minimum atomic E-state index is 0.131. The third-order valence-electron chi connectivity index (χ3n) is 2.25. The van der Waals surface area contributed by atoms with E-state index < -0.39 is 0 Å². The first-order valence-electron chi connectivity index (χ1n) is 5.38. The topological polar surface area (TPSA) is 44.4 Å². The maximum absolute atomic E-state index is 11.2. The summed E-state index contributed by atoms with van der Waals surface area (Å²) in [5.74, 6) is 0.131. The summed E-state index contributed by atoms with van der Waals surface area (Å²) in [6, 6.07) is 0. The van der Waals surface area contributed by atoms with Gasteiger partial charge in [-0.15, -0.1) is 0 Å². The van der Waals surface area contributed by atoms with Gasteiger partial charge in [0.25, 0.3) is 0 Å². The largest absolute Gasteiger partial charge is 0.355 e. The first kappa shape index (κ1) is 13.4. The molecule has 0 atom stereocenters. The second-order valence-electron chi connectivity index (χ2n) is 3.23. The Morgan fingerprint density at radius 1 is 1.21 bits per heavy atom. The molecule has 0 aliphatic rings. The lowest BCUT2D eigenvalue weighted by molar-refractivity contribution is -0.121. The Labute approximate surface area is 87.0 Å². The van der Waals surface area contributed by atoms with Gasteiger partial charge in [0.15, 0.2) is 0 Å². The van der Waals surface area contributed by atoms with Crippen LogP contribution in [0.4, 0.5) is 0 Å². The number of carbonyl (C=O) groups excluding carboxylic acids is 1. The lowest BCUT2D eigenvalue weighted by atomic mass is 10.4. The van der Waals surface area contributed by atoms with E-state index in [9.17, 15) is 4.79 Å². The van der Waals surface area contributed by atoms with Gasteiger partial charge in [0.2, 0.25) is 5.91 Å². The number of nitrogens with one attached hydrogen (secondary N) is 2. The minimum absolute atomic E-state index is 0.131. The second-order valence-corrected chi connectivity index (χ2v) is 3.23. The Kier molecular flexibility index (Phi) is 8.57. The molecule has 0 radical (unpaired) electrons. The fourth-order valence-electron chi connectivity index (χ4n) is 1.22. The molecular formula is C10H23N3O. The number of carbonyl (C=O) groups is 1. The van der Waals surface area contributed by atoms with Crippen molar-refractivity contribution in [3.63, 3.8) is 0 Å². The molecule has 0 aromatic carbocycles. The van der Waals surface area contributed by atoms with Gasteiger partial charge in [-0.1, -0.05) is 13.8 Å². The summed E-state index contributed by atoms with van der Waals surface area (Å²) in [6.45, 7) is 8.80. The van der Waals surface area contributed by atoms with Gasteiger partial charge in [0.1, 0.15) is 0 Å². The summed E-state index contributed by atoms with van der Waals surface area (Å²) in [7, 11) is 1.85. The molecule has 0 unspecified atom stereocenters. The van der Waals surface area contributed by atoms with Crippen molar-refractivity contribution in [2.75, 3.05) is 39.8 Å². The lowest BCUT2D eigenvalue weighted by Gasteiger charge is -2.17. The Morgan fingerprint density at radius 2 is 1.86 bits per heavy atom. The van der Waals surface area contributed by atoms with E-state index in [2.05, 4.69) is 29.4 Å². The molecule has 0 aromatic heterocycles. The zero-order valence-electron chi connectivity index (χ0n) is 9.60. The zero-order valence-corrected chi connectivity index (χ0v) is 9.60. The van der Waals surface area contributed by atoms with Crippen LogP contribution in [0.15, 0.2) is 0 Å². The van der Waals surface area contributed by atoms with Crippen LogP contribution in [-0.2, 0) is 4.79 Å². The number of likely N-dealkylation sites (N-methyl/N-ethyl adjacent to an activating group) is 1. The number of rotatable bonds is 8. The van der Waals surface area contributed by atoms with Crippen molar-refractivity contribution in [2.45, 2.75) is 20.3 Å². The van der Waals surface area contributed by atoms with Crippen molar-refractivity contribution >= 4 is 5.91 Å². The van der Waals surface area contributed by atoms with Gasteiger partial charge in [0, 0.05) is 26.1 Å². The van der Waals surface area contributed by atoms with E-state index in [4.69, 9.17) is 0 Å². The smallest absolute Gasteiger partial charge is 0.221 e. The molecule has 1 amide bonds. The molecular weight excluding hydrogens is 178 g/mol. The van der Waals surface area contributed by atoms with Crippen LogP contribution in [0.3, 0.4) is 0 Å². The van der Waals surface area contributed by atoms with Gasteiger partial charge in [-0.05, 0) is 20.1 Å². The minimum Gasteiger partial charge on any atom is -0.355 e. The summed E-state index contributed by atoms with van der Waals surface area (Å²) in [6.07, 6.45) is 0.564. The summed E-state index contributed by atoms with van der Waals surface area (Å²) >= 11 is 0. The van der Waals surface area contributed by atoms with E-state index in [0.717, 1.165) is 32.7 Å². The molecule has 4 nitrogen and oxygen atoms in total. The van der Waals surface area contributed by atoms with E-state index in [1.165, 1.54) is 0 Å². The van der Waals surface area contributed by atoms with Gasteiger partial charge in [-0.2, -0.15) is 0 Å². The Hall–Kier alpha value is -0.610. The second kappa shape index (κ2) is 8.97. The summed E-state index contributed by atoms with van der Waals surface area (Å²) < 4.78 is 0. The number of hydrogen-bond acceptors (Lipinski definition) is 3. The Bertz CT molecular complexity index is 146. The van der Waals surface area contributed by atoms with Gasteiger partial charge in [-0.25, -0.2) is 0 Å². The predicted octanol–water partition coefficient (Wildman–Crippen LogP) is 0.0539. The van der Waals surface area contributed by atoms with Gasteiger partial charge in [0.05, 0.1) is 0 Å². The van der Waals surface area contributed by atoms with Crippen LogP contribution < -0.4 is 10.6 Å². The highest BCUT2D eigenvalue weighted by Crippen LogP contribution is 1.84. The lowest BCUT2D eigenvalue weighted by Crippen LogP contribution is -2.35. The molecule has 0 spiro atoms. The highest BCUT2D eigenvalue weighted by molar-refractivity contribution is 5.75. The van der Waals surface area contributed by atoms with Crippen LogP contribution in [0.25, 0.3) is 0 Å². The maximum Gasteiger partial charge on any atom is 0.221 e. The SMILES string of the molecule is CCN(CC)CCNC(=O)CCNC. The molecule has 0 saturated heterocycles. The number of amides is 1. The predicted molar refractivity (Wildman–Crippen MR) is 59.3 cm³/mol. The molecule has 0 aliphatic carbocycles. The fraction of sp³-hybridized carbons (Fsp3) is 0.900. The Morgan fingerprint density at radius 3 is 2.36 bits per heavy atom. The molecule has 14 heavy (non-hydrogen) atoms. The first-order valence-corrected chi connectivity index (χ1v) is 5.38. The summed E-state index contributed by atoms with van der Waals surface area (Å²) in [5, 5.41) is 5.84. The molecule has 84 valence electrons. The summed E-state index contributed by atoms with van der Waals surface area (Å²) in [4.78, 5) is 13.5. The molecule has 0 bridgehead atoms. The third-order valence-corrected chi connectivity index (χ3v) is 2.25. The summed E-state index contributed by atoms with van der Waals surface area (Å²) in [5.41, 5.74) is 0. The van der Waals surface area contributed by atoms with Crippen LogP contribution in [0, 0.1) is 0 Å². The van der Waals surface area contributed by atoms with Crippen molar-refractivity contribution < 1.29 is 4.79 Å². The molecule has 2 N–H and O–H groups in total. The van der Waals surface area contributed by atoms with E-state index in [-0.39, 0.29) is 5.91 Å². The van der Waals surface area contributed by atoms with E-state index in [0.29, 0.717) is 6.42 Å². The third kappa shape index (κ3) is 6.86. The highest BCUT2D eigenvalue weighted by atomic mass is 16.1. The maximum atomic E-state index is 11.2. The average molecular weight is 201 g/mol. The molecule has 0 rings (SSSR count). The van der Waals surface area contributed by atoms with Gasteiger partial charge in [-0.3, -0.25) is 4.79 Å².